The standard InChI is InChI=1S/2C22H16FN2.C7H5N4.Ir/c2*1-24-16-25(20-14-12-19(23)13-15-20)22(18-10-6-3-7-11-18)21(24)17-8-4-2-5-9-17;1-2-4-8-6(3-1)7-5-9-11-10-7;/h2*2-14H,1H3;1-5H;/q3*-1;. The molecule has 4 aromatic heterocycles. The number of halogens is 2. The van der Waals surface area contributed by atoms with Gasteiger partial charge in [0.25, 0.3) is 0 Å². The zero-order valence-corrected chi connectivity index (χ0v) is 36.0. The predicted molar refractivity (Wildman–Crippen MR) is 229 cm³/mol. The summed E-state index contributed by atoms with van der Waals surface area (Å²) in [6.07, 6.45) is 9.95. The second-order valence-electron chi connectivity index (χ2n) is 13.7. The summed E-state index contributed by atoms with van der Waals surface area (Å²) in [5.74, 6) is -0.602. The van der Waals surface area contributed by atoms with E-state index in [1.54, 1.807) is 24.5 Å². The minimum Gasteiger partial charge on any atom is -0.358 e. The largest absolute Gasteiger partial charge is 0.358 e. The third-order valence-corrected chi connectivity index (χ3v) is 9.57. The molecule has 0 unspecified atom stereocenters. The number of aryl methyl sites for hydroxylation is 2. The van der Waals surface area contributed by atoms with Crippen molar-refractivity contribution in [3.63, 3.8) is 0 Å². The van der Waals surface area contributed by atoms with Crippen LogP contribution in [0.5, 0.6) is 0 Å². The molecule has 0 saturated carbocycles. The van der Waals surface area contributed by atoms with Gasteiger partial charge >= 0.3 is 0 Å². The SMILES string of the molecule is C[n+]1[c-]n(-c2[c-]cc(F)cc2)c(-c2ccccc2)c1-c1ccccc1.C[n+]1[c-]n(-c2[c-]cc(F)cc2)c(-c2ccccc2)c1-c1ccccc1.[Ir].c1ccc(-c2cnn[n-]2)nc1. The van der Waals surface area contributed by atoms with Gasteiger partial charge in [0.1, 0.15) is 0 Å². The Hall–Kier alpha value is -7.46. The van der Waals surface area contributed by atoms with Crippen molar-refractivity contribution in [2.24, 2.45) is 14.1 Å². The van der Waals surface area contributed by atoms with Crippen molar-refractivity contribution < 1.29 is 38.0 Å². The first-order valence-electron chi connectivity index (χ1n) is 19.3. The van der Waals surface area contributed by atoms with Gasteiger partial charge in [0.15, 0.2) is 0 Å². The molecule has 0 aliphatic heterocycles. The molecule has 11 heteroatoms. The van der Waals surface area contributed by atoms with Crippen molar-refractivity contribution in [3.05, 3.63) is 225 Å². The topological polar surface area (TPSA) is 70.4 Å². The molecule has 4 heterocycles. The Kier molecular flexibility index (Phi) is 13.9. The van der Waals surface area contributed by atoms with Crippen LogP contribution >= 0.6 is 0 Å². The van der Waals surface area contributed by atoms with Crippen LogP contribution in [0.2, 0.25) is 0 Å². The summed E-state index contributed by atoms with van der Waals surface area (Å²) in [6.45, 7) is 0. The summed E-state index contributed by atoms with van der Waals surface area (Å²) in [6, 6.07) is 61.3. The number of nitrogens with zero attached hydrogens (tertiary/aromatic N) is 8. The minimum absolute atomic E-state index is 0. The molecule has 0 spiro atoms. The van der Waals surface area contributed by atoms with E-state index in [-0.39, 0.29) is 31.7 Å². The van der Waals surface area contributed by atoms with E-state index in [0.29, 0.717) is 5.69 Å². The molecule has 0 bridgehead atoms. The first-order chi connectivity index (χ1) is 29.9. The number of hydrogen-bond acceptors (Lipinski definition) is 3. The van der Waals surface area contributed by atoms with E-state index in [1.165, 1.54) is 24.3 Å². The Morgan fingerprint density at radius 3 is 1.29 bits per heavy atom. The summed E-state index contributed by atoms with van der Waals surface area (Å²) in [5.41, 5.74) is 11.4. The first kappa shape index (κ1) is 42.7. The van der Waals surface area contributed by atoms with Gasteiger partial charge in [-0.15, -0.1) is 24.3 Å². The van der Waals surface area contributed by atoms with Crippen LogP contribution in [-0.4, -0.2) is 24.4 Å². The number of rotatable bonds is 7. The monoisotopic (exact) mass is 992 g/mol. The van der Waals surface area contributed by atoms with E-state index in [0.717, 1.165) is 62.1 Å². The van der Waals surface area contributed by atoms with Gasteiger partial charge in [-0.2, -0.15) is 24.3 Å². The molecule has 0 saturated heterocycles. The van der Waals surface area contributed by atoms with Crippen LogP contribution in [0.25, 0.3) is 67.8 Å². The van der Waals surface area contributed by atoms with E-state index in [1.807, 2.05) is 123 Å². The van der Waals surface area contributed by atoms with Gasteiger partial charge in [0, 0.05) is 37.9 Å². The van der Waals surface area contributed by atoms with Crippen molar-refractivity contribution in [2.75, 3.05) is 0 Å². The molecule has 0 aliphatic carbocycles. The third-order valence-electron chi connectivity index (χ3n) is 9.57. The van der Waals surface area contributed by atoms with Gasteiger partial charge in [-0.1, -0.05) is 145 Å². The molecular formula is C51H37F2IrN8-3. The first-order valence-corrected chi connectivity index (χ1v) is 19.3. The van der Waals surface area contributed by atoms with Crippen molar-refractivity contribution in [1.29, 1.82) is 0 Å². The number of benzene rings is 6. The Morgan fingerprint density at radius 2 is 0.935 bits per heavy atom. The molecule has 307 valence electrons. The van der Waals surface area contributed by atoms with Crippen LogP contribution in [0.4, 0.5) is 8.78 Å². The average Bonchev–Trinajstić information content (AvgIpc) is 4.07. The predicted octanol–water partition coefficient (Wildman–Crippen LogP) is 9.24. The number of pyridine rings is 1. The molecule has 62 heavy (non-hydrogen) atoms. The molecule has 10 rings (SSSR count). The summed E-state index contributed by atoms with van der Waals surface area (Å²) in [7, 11) is 3.93. The summed E-state index contributed by atoms with van der Waals surface area (Å²) in [4.78, 5) is 4.08. The van der Waals surface area contributed by atoms with Gasteiger partial charge in [0.05, 0.1) is 42.6 Å². The maximum atomic E-state index is 13.3. The molecule has 1 radical (unpaired) electrons. The van der Waals surface area contributed by atoms with Crippen LogP contribution in [0.15, 0.2) is 188 Å². The van der Waals surface area contributed by atoms with Gasteiger partial charge in [0.2, 0.25) is 12.7 Å². The van der Waals surface area contributed by atoms with Crippen molar-refractivity contribution in [1.82, 2.24) is 29.5 Å². The molecule has 0 atom stereocenters. The summed E-state index contributed by atoms with van der Waals surface area (Å²) < 4.78 is 34.4. The van der Waals surface area contributed by atoms with Gasteiger partial charge in [-0.05, 0) is 40.1 Å². The van der Waals surface area contributed by atoms with E-state index in [4.69, 9.17) is 0 Å². The van der Waals surface area contributed by atoms with E-state index in [9.17, 15) is 8.78 Å². The maximum absolute atomic E-state index is 13.3. The summed E-state index contributed by atoms with van der Waals surface area (Å²) in [5, 5.41) is 10.8. The quantitative estimate of drug-likeness (QED) is 0.118. The van der Waals surface area contributed by atoms with Crippen LogP contribution in [0.1, 0.15) is 0 Å². The van der Waals surface area contributed by atoms with E-state index in [2.05, 4.69) is 93.7 Å². The molecule has 6 aromatic carbocycles. The van der Waals surface area contributed by atoms with Gasteiger partial charge in [-0.25, -0.2) is 0 Å². The maximum Gasteiger partial charge on any atom is 0.242 e. The number of hydrogen-bond donors (Lipinski definition) is 0. The molecule has 0 amide bonds. The van der Waals surface area contributed by atoms with Gasteiger partial charge < -0.3 is 28.5 Å². The molecule has 0 N–H and O–H groups in total. The Bertz CT molecular complexity index is 2740. The zero-order valence-electron chi connectivity index (χ0n) is 33.6. The molecule has 0 aliphatic rings. The Balaban J connectivity index is 0.000000149. The fourth-order valence-electron chi connectivity index (χ4n) is 6.84. The third kappa shape index (κ3) is 9.77. The van der Waals surface area contributed by atoms with Crippen molar-refractivity contribution in [2.45, 2.75) is 0 Å². The second-order valence-corrected chi connectivity index (χ2v) is 13.7. The minimum atomic E-state index is -0.301. The Morgan fingerprint density at radius 1 is 0.516 bits per heavy atom. The Labute approximate surface area is 372 Å². The zero-order chi connectivity index (χ0) is 42.0. The normalized spacial score (nSPS) is 10.5. The molecule has 8 nitrogen and oxygen atoms in total. The number of imidazole rings is 2. The number of aromatic nitrogens is 8. The smallest absolute Gasteiger partial charge is 0.242 e. The van der Waals surface area contributed by atoms with E-state index < -0.39 is 0 Å². The van der Waals surface area contributed by atoms with Crippen molar-refractivity contribution in [3.8, 4) is 67.8 Å². The van der Waals surface area contributed by atoms with Gasteiger partial charge in [-0.3, -0.25) is 19.0 Å². The average molecular weight is 992 g/mol. The van der Waals surface area contributed by atoms with Crippen LogP contribution < -0.4 is 14.2 Å². The molecular weight excluding hydrogens is 955 g/mol. The summed E-state index contributed by atoms with van der Waals surface area (Å²) >= 11 is 0. The fraction of sp³-hybridized carbons (Fsp3) is 0.0392. The second kappa shape index (κ2) is 20.2. The van der Waals surface area contributed by atoms with Crippen LogP contribution in [0.3, 0.4) is 0 Å². The van der Waals surface area contributed by atoms with E-state index >= 15 is 0 Å². The van der Waals surface area contributed by atoms with Crippen LogP contribution in [0, 0.1) is 36.4 Å². The fourth-order valence-corrected chi connectivity index (χ4v) is 6.84. The molecule has 10 aromatic rings. The van der Waals surface area contributed by atoms with Crippen LogP contribution in [-0.2, 0) is 34.2 Å². The van der Waals surface area contributed by atoms with Crippen molar-refractivity contribution >= 4 is 0 Å². The molecule has 0 fully saturated rings.